The number of nitrogens with zero attached hydrogens (tertiary/aromatic N) is 3. The average molecular weight is 494 g/mol. The standard InChI is InChI=1S/C19H32ClN5.HI/c1-4-6-10-22-19(21-5-2)23-15-16-17(20)8-7-9-18(16)25-13-11-24(3)12-14-25;/h7-9H,4-6,10-15H2,1-3H3,(H2,21,22,23);1H. The molecule has 26 heavy (non-hydrogen) atoms. The lowest BCUT2D eigenvalue weighted by molar-refractivity contribution is 0.312. The fourth-order valence-electron chi connectivity index (χ4n) is 2.93. The van der Waals surface area contributed by atoms with E-state index in [-0.39, 0.29) is 24.0 Å². The summed E-state index contributed by atoms with van der Waals surface area (Å²) in [6, 6.07) is 6.16. The van der Waals surface area contributed by atoms with E-state index in [0.29, 0.717) is 6.54 Å². The van der Waals surface area contributed by atoms with E-state index in [4.69, 9.17) is 16.6 Å². The van der Waals surface area contributed by atoms with Gasteiger partial charge in [0.25, 0.3) is 0 Å². The summed E-state index contributed by atoms with van der Waals surface area (Å²) in [5.74, 6) is 0.861. The average Bonchev–Trinajstić information content (AvgIpc) is 2.61. The van der Waals surface area contributed by atoms with E-state index in [1.165, 1.54) is 12.1 Å². The van der Waals surface area contributed by atoms with Crippen LogP contribution in [0.1, 0.15) is 32.3 Å². The molecule has 1 aromatic carbocycles. The van der Waals surface area contributed by atoms with Gasteiger partial charge in [-0.2, -0.15) is 0 Å². The predicted octanol–water partition coefficient (Wildman–Crippen LogP) is 3.57. The van der Waals surface area contributed by atoms with Crippen molar-refractivity contribution in [3.05, 3.63) is 28.8 Å². The highest BCUT2D eigenvalue weighted by molar-refractivity contribution is 14.0. The van der Waals surface area contributed by atoms with Gasteiger partial charge in [0.15, 0.2) is 5.96 Å². The van der Waals surface area contributed by atoms with Crippen molar-refractivity contribution in [2.75, 3.05) is 51.2 Å². The fraction of sp³-hybridized carbons (Fsp3) is 0.632. The Labute approximate surface area is 180 Å². The van der Waals surface area contributed by atoms with E-state index >= 15 is 0 Å². The predicted molar refractivity (Wildman–Crippen MR) is 124 cm³/mol. The third-order valence-electron chi connectivity index (χ3n) is 4.50. The van der Waals surface area contributed by atoms with Gasteiger partial charge in [0.05, 0.1) is 6.54 Å². The lowest BCUT2D eigenvalue weighted by atomic mass is 10.1. The van der Waals surface area contributed by atoms with Crippen LogP contribution >= 0.6 is 35.6 Å². The van der Waals surface area contributed by atoms with Crippen molar-refractivity contribution in [1.29, 1.82) is 0 Å². The first-order valence-electron chi connectivity index (χ1n) is 9.38. The van der Waals surface area contributed by atoms with Crippen LogP contribution in [-0.2, 0) is 6.54 Å². The van der Waals surface area contributed by atoms with E-state index < -0.39 is 0 Å². The Hall–Kier alpha value is -0.730. The van der Waals surface area contributed by atoms with Crippen LogP contribution in [0.3, 0.4) is 0 Å². The first kappa shape index (κ1) is 23.3. The monoisotopic (exact) mass is 493 g/mol. The van der Waals surface area contributed by atoms with Crippen molar-refractivity contribution >= 4 is 47.2 Å². The highest BCUT2D eigenvalue weighted by Gasteiger charge is 2.18. The van der Waals surface area contributed by atoms with Crippen molar-refractivity contribution in [3.63, 3.8) is 0 Å². The van der Waals surface area contributed by atoms with E-state index in [9.17, 15) is 0 Å². The van der Waals surface area contributed by atoms with Crippen molar-refractivity contribution in [3.8, 4) is 0 Å². The molecule has 0 atom stereocenters. The Kier molecular flexibility index (Phi) is 11.3. The van der Waals surface area contributed by atoms with Gasteiger partial charge in [-0.3, -0.25) is 0 Å². The second kappa shape index (κ2) is 12.6. The quantitative estimate of drug-likeness (QED) is 0.264. The maximum absolute atomic E-state index is 6.52. The van der Waals surface area contributed by atoms with Crippen LogP contribution in [0.4, 0.5) is 5.69 Å². The van der Waals surface area contributed by atoms with Crippen LogP contribution in [0, 0.1) is 0 Å². The van der Waals surface area contributed by atoms with Gasteiger partial charge in [0, 0.05) is 55.5 Å². The Morgan fingerprint density at radius 1 is 1.15 bits per heavy atom. The topological polar surface area (TPSA) is 42.9 Å². The number of guanidine groups is 1. The number of piperazine rings is 1. The molecule has 0 aliphatic carbocycles. The number of rotatable bonds is 7. The number of hydrogen-bond donors (Lipinski definition) is 2. The Morgan fingerprint density at radius 3 is 2.54 bits per heavy atom. The molecule has 0 bridgehead atoms. The van der Waals surface area contributed by atoms with Crippen molar-refractivity contribution in [2.24, 2.45) is 4.99 Å². The zero-order valence-electron chi connectivity index (χ0n) is 16.2. The molecule has 0 amide bonds. The Balaban J connectivity index is 0.00000338. The zero-order valence-corrected chi connectivity index (χ0v) is 19.3. The number of anilines is 1. The molecule has 148 valence electrons. The number of likely N-dealkylation sites (N-methyl/N-ethyl adjacent to an activating group) is 1. The number of unbranched alkanes of at least 4 members (excludes halogenated alkanes) is 1. The second-order valence-corrected chi connectivity index (χ2v) is 6.91. The molecule has 7 heteroatoms. The molecule has 2 rings (SSSR count). The molecule has 0 saturated carbocycles. The van der Waals surface area contributed by atoms with Crippen LogP contribution in [0.2, 0.25) is 5.02 Å². The second-order valence-electron chi connectivity index (χ2n) is 6.50. The summed E-state index contributed by atoms with van der Waals surface area (Å²) >= 11 is 6.52. The van der Waals surface area contributed by atoms with Crippen molar-refractivity contribution < 1.29 is 0 Å². The third-order valence-corrected chi connectivity index (χ3v) is 4.85. The summed E-state index contributed by atoms with van der Waals surface area (Å²) in [4.78, 5) is 9.55. The van der Waals surface area contributed by atoms with Crippen molar-refractivity contribution in [1.82, 2.24) is 15.5 Å². The van der Waals surface area contributed by atoms with Gasteiger partial charge >= 0.3 is 0 Å². The molecule has 1 aromatic rings. The summed E-state index contributed by atoms with van der Waals surface area (Å²) in [5.41, 5.74) is 2.33. The molecule has 2 N–H and O–H groups in total. The van der Waals surface area contributed by atoms with Gasteiger partial charge in [-0.25, -0.2) is 4.99 Å². The Morgan fingerprint density at radius 2 is 1.88 bits per heavy atom. The molecule has 1 fully saturated rings. The van der Waals surface area contributed by atoms with Gasteiger partial charge in [-0.15, -0.1) is 24.0 Å². The highest BCUT2D eigenvalue weighted by atomic mass is 127. The normalized spacial score (nSPS) is 15.5. The summed E-state index contributed by atoms with van der Waals surface area (Å²) in [5, 5.41) is 7.50. The molecule has 1 heterocycles. The number of nitrogens with one attached hydrogen (secondary N) is 2. The minimum atomic E-state index is 0. The largest absolute Gasteiger partial charge is 0.369 e. The van der Waals surface area contributed by atoms with Gasteiger partial charge in [0.2, 0.25) is 0 Å². The number of halogens is 2. The summed E-state index contributed by atoms with van der Waals surface area (Å²) in [6.45, 7) is 10.9. The fourth-order valence-corrected chi connectivity index (χ4v) is 3.16. The number of hydrogen-bond acceptors (Lipinski definition) is 3. The van der Waals surface area contributed by atoms with E-state index in [1.54, 1.807) is 0 Å². The molecule has 0 spiro atoms. The summed E-state index contributed by atoms with van der Waals surface area (Å²) in [7, 11) is 2.17. The van der Waals surface area contributed by atoms with Gasteiger partial charge in [-0.1, -0.05) is 31.0 Å². The molecule has 1 aliphatic heterocycles. The molecule has 1 aliphatic rings. The highest BCUT2D eigenvalue weighted by Crippen LogP contribution is 2.29. The van der Waals surface area contributed by atoms with Gasteiger partial charge in [0.1, 0.15) is 0 Å². The van der Waals surface area contributed by atoms with E-state index in [2.05, 4.69) is 47.4 Å². The van der Waals surface area contributed by atoms with Crippen LogP contribution < -0.4 is 15.5 Å². The van der Waals surface area contributed by atoms with Crippen molar-refractivity contribution in [2.45, 2.75) is 33.2 Å². The van der Waals surface area contributed by atoms with Gasteiger partial charge < -0.3 is 20.4 Å². The van der Waals surface area contributed by atoms with Gasteiger partial charge in [-0.05, 0) is 32.5 Å². The van der Waals surface area contributed by atoms with Crippen LogP contribution in [0.15, 0.2) is 23.2 Å². The molecule has 0 unspecified atom stereocenters. The molecule has 0 radical (unpaired) electrons. The smallest absolute Gasteiger partial charge is 0.191 e. The minimum absolute atomic E-state index is 0. The molecular formula is C19H33ClIN5. The summed E-state index contributed by atoms with van der Waals surface area (Å²) in [6.07, 6.45) is 2.31. The maximum Gasteiger partial charge on any atom is 0.191 e. The maximum atomic E-state index is 6.52. The molecular weight excluding hydrogens is 461 g/mol. The SMILES string of the molecule is CCCCNC(=NCc1c(Cl)cccc1N1CCN(C)CC1)NCC.I. The lowest BCUT2D eigenvalue weighted by Crippen LogP contribution is -2.44. The van der Waals surface area contributed by atoms with E-state index in [1.807, 2.05) is 12.1 Å². The van der Waals surface area contributed by atoms with E-state index in [0.717, 1.165) is 62.2 Å². The molecule has 1 saturated heterocycles. The van der Waals surface area contributed by atoms with Crippen LogP contribution in [-0.4, -0.2) is 57.2 Å². The molecule has 5 nitrogen and oxygen atoms in total. The number of benzene rings is 1. The first-order chi connectivity index (χ1) is 12.2. The number of aliphatic imine (C=N–C) groups is 1. The third kappa shape index (κ3) is 7.12. The zero-order chi connectivity index (χ0) is 18.1. The van der Waals surface area contributed by atoms with Crippen LogP contribution in [0.5, 0.6) is 0 Å². The Bertz CT molecular complexity index is 559. The molecule has 0 aromatic heterocycles. The lowest BCUT2D eigenvalue weighted by Gasteiger charge is -2.35. The van der Waals surface area contributed by atoms with Crippen LogP contribution in [0.25, 0.3) is 0 Å². The minimum Gasteiger partial charge on any atom is -0.369 e. The summed E-state index contributed by atoms with van der Waals surface area (Å²) < 4.78 is 0. The first-order valence-corrected chi connectivity index (χ1v) is 9.76.